The van der Waals surface area contributed by atoms with Gasteiger partial charge in [-0.15, -0.1) is 0 Å². The standard InChI is InChI=1S/C14H14Br2ClN3O/c1-19(2)6-7-20-13(11(16)8-18-20)14(21)9-4-3-5-10(15)12(9)17/h3-5,8H,6-7H2,1-2H3. The van der Waals surface area contributed by atoms with Crippen LogP contribution in [0.15, 0.2) is 33.3 Å². The highest BCUT2D eigenvalue weighted by Gasteiger charge is 2.21. The van der Waals surface area contributed by atoms with Gasteiger partial charge in [0.2, 0.25) is 5.78 Å². The molecule has 2 aromatic rings. The number of nitrogens with zero attached hydrogens (tertiary/aromatic N) is 3. The largest absolute Gasteiger partial charge is 0.308 e. The minimum absolute atomic E-state index is 0.149. The number of carbonyl (C=O) groups is 1. The van der Waals surface area contributed by atoms with Crippen LogP contribution < -0.4 is 0 Å². The van der Waals surface area contributed by atoms with Crippen LogP contribution in [0.4, 0.5) is 0 Å². The number of ketones is 1. The van der Waals surface area contributed by atoms with Gasteiger partial charge in [0, 0.05) is 16.6 Å². The lowest BCUT2D eigenvalue weighted by Crippen LogP contribution is -2.22. The lowest BCUT2D eigenvalue weighted by molar-refractivity contribution is 0.102. The molecule has 0 saturated heterocycles. The lowest BCUT2D eigenvalue weighted by Gasteiger charge is -2.12. The van der Waals surface area contributed by atoms with Crippen LogP contribution in [0.2, 0.25) is 5.02 Å². The van der Waals surface area contributed by atoms with Gasteiger partial charge in [0.15, 0.2) is 0 Å². The second-order valence-electron chi connectivity index (χ2n) is 4.80. The molecule has 112 valence electrons. The van der Waals surface area contributed by atoms with E-state index in [0.717, 1.165) is 6.54 Å². The Morgan fingerprint density at radius 3 is 2.71 bits per heavy atom. The summed E-state index contributed by atoms with van der Waals surface area (Å²) in [6.07, 6.45) is 1.63. The van der Waals surface area contributed by atoms with Gasteiger partial charge in [-0.25, -0.2) is 0 Å². The minimum Gasteiger partial charge on any atom is -0.308 e. The van der Waals surface area contributed by atoms with Crippen molar-refractivity contribution in [2.75, 3.05) is 20.6 Å². The molecule has 1 aromatic heterocycles. The number of likely N-dealkylation sites (N-methyl/N-ethyl adjacent to an activating group) is 1. The van der Waals surface area contributed by atoms with Crippen molar-refractivity contribution in [1.29, 1.82) is 0 Å². The normalized spacial score (nSPS) is 11.1. The van der Waals surface area contributed by atoms with Gasteiger partial charge >= 0.3 is 0 Å². The topological polar surface area (TPSA) is 38.1 Å². The van der Waals surface area contributed by atoms with Crippen LogP contribution in [0.5, 0.6) is 0 Å². The van der Waals surface area contributed by atoms with Gasteiger partial charge in [-0.1, -0.05) is 17.7 Å². The van der Waals surface area contributed by atoms with Gasteiger partial charge in [0.1, 0.15) is 5.69 Å². The molecular weight excluding hydrogens is 421 g/mol. The molecule has 1 aromatic carbocycles. The van der Waals surface area contributed by atoms with E-state index in [9.17, 15) is 4.79 Å². The fraction of sp³-hybridized carbons (Fsp3) is 0.286. The maximum Gasteiger partial charge on any atom is 0.213 e. The zero-order valence-corrected chi connectivity index (χ0v) is 15.5. The van der Waals surface area contributed by atoms with E-state index in [1.54, 1.807) is 29.1 Å². The summed E-state index contributed by atoms with van der Waals surface area (Å²) in [5, 5.41) is 4.67. The summed E-state index contributed by atoms with van der Waals surface area (Å²) in [4.78, 5) is 14.8. The summed E-state index contributed by atoms with van der Waals surface area (Å²) in [7, 11) is 3.95. The molecule has 0 atom stereocenters. The molecule has 0 unspecified atom stereocenters. The second-order valence-corrected chi connectivity index (χ2v) is 6.88. The van der Waals surface area contributed by atoms with Crippen LogP contribution in [0.1, 0.15) is 16.1 Å². The van der Waals surface area contributed by atoms with Crippen molar-refractivity contribution in [3.8, 4) is 0 Å². The van der Waals surface area contributed by atoms with Crippen LogP contribution in [0.3, 0.4) is 0 Å². The fourth-order valence-electron chi connectivity index (χ4n) is 1.86. The first-order valence-corrected chi connectivity index (χ1v) is 8.23. The highest BCUT2D eigenvalue weighted by Crippen LogP contribution is 2.29. The third-order valence-corrected chi connectivity index (χ3v) is 4.84. The molecule has 0 spiro atoms. The first-order chi connectivity index (χ1) is 9.91. The molecule has 4 nitrogen and oxygen atoms in total. The van der Waals surface area contributed by atoms with E-state index < -0.39 is 0 Å². The van der Waals surface area contributed by atoms with E-state index in [-0.39, 0.29) is 5.78 Å². The molecule has 2 rings (SSSR count). The van der Waals surface area contributed by atoms with Crippen molar-refractivity contribution in [3.05, 3.63) is 49.6 Å². The molecule has 0 radical (unpaired) electrons. The van der Waals surface area contributed by atoms with E-state index in [4.69, 9.17) is 11.6 Å². The molecular formula is C14H14Br2ClN3O. The Kier molecular flexibility index (Phi) is 5.60. The Balaban J connectivity index is 2.39. The van der Waals surface area contributed by atoms with Crippen molar-refractivity contribution in [1.82, 2.24) is 14.7 Å². The number of aromatic nitrogens is 2. The Morgan fingerprint density at radius 2 is 2.05 bits per heavy atom. The maximum atomic E-state index is 12.8. The van der Waals surface area contributed by atoms with Crippen molar-refractivity contribution in [2.45, 2.75) is 6.54 Å². The Morgan fingerprint density at radius 1 is 1.33 bits per heavy atom. The number of rotatable bonds is 5. The summed E-state index contributed by atoms with van der Waals surface area (Å²) < 4.78 is 3.07. The average molecular weight is 436 g/mol. The number of benzene rings is 1. The fourth-order valence-corrected chi connectivity index (χ4v) is 2.91. The quantitative estimate of drug-likeness (QED) is 0.670. The zero-order valence-electron chi connectivity index (χ0n) is 11.6. The van der Waals surface area contributed by atoms with E-state index in [0.29, 0.717) is 31.8 Å². The van der Waals surface area contributed by atoms with Crippen LogP contribution >= 0.6 is 43.5 Å². The number of halogens is 3. The average Bonchev–Trinajstić information content (AvgIpc) is 2.80. The second kappa shape index (κ2) is 7.05. The predicted molar refractivity (Wildman–Crippen MR) is 91.1 cm³/mol. The van der Waals surface area contributed by atoms with E-state index in [1.165, 1.54) is 0 Å². The van der Waals surface area contributed by atoms with E-state index >= 15 is 0 Å². The highest BCUT2D eigenvalue weighted by atomic mass is 79.9. The van der Waals surface area contributed by atoms with Crippen molar-refractivity contribution in [2.24, 2.45) is 0 Å². The monoisotopic (exact) mass is 433 g/mol. The SMILES string of the molecule is CN(C)CCn1ncc(Br)c1C(=O)c1cccc(Br)c1Cl. The zero-order chi connectivity index (χ0) is 15.6. The summed E-state index contributed by atoms with van der Waals surface area (Å²) in [6, 6.07) is 5.31. The van der Waals surface area contributed by atoms with Gasteiger partial charge in [-0.05, 0) is 58.1 Å². The van der Waals surface area contributed by atoms with E-state index in [2.05, 4.69) is 37.0 Å². The molecule has 0 aliphatic heterocycles. The summed E-state index contributed by atoms with van der Waals surface area (Å²) in [5.74, 6) is -0.149. The molecule has 0 aliphatic carbocycles. The molecule has 0 saturated carbocycles. The first kappa shape index (κ1) is 16.7. The molecule has 0 bridgehead atoms. The maximum absolute atomic E-state index is 12.8. The van der Waals surface area contributed by atoms with Crippen molar-refractivity contribution in [3.63, 3.8) is 0 Å². The van der Waals surface area contributed by atoms with Crippen LogP contribution in [-0.4, -0.2) is 41.1 Å². The Labute approximate surface area is 145 Å². The molecule has 0 N–H and O–H groups in total. The summed E-state index contributed by atoms with van der Waals surface area (Å²) >= 11 is 12.9. The van der Waals surface area contributed by atoms with Crippen LogP contribution in [0.25, 0.3) is 0 Å². The van der Waals surface area contributed by atoms with Crippen LogP contribution in [0, 0.1) is 0 Å². The Hall–Kier alpha value is -0.690. The van der Waals surface area contributed by atoms with Crippen LogP contribution in [-0.2, 0) is 6.54 Å². The lowest BCUT2D eigenvalue weighted by atomic mass is 10.1. The third kappa shape index (κ3) is 3.74. The Bertz CT molecular complexity index is 670. The molecule has 7 heteroatoms. The van der Waals surface area contributed by atoms with Gasteiger partial charge in [-0.2, -0.15) is 5.10 Å². The number of hydrogen-bond acceptors (Lipinski definition) is 3. The van der Waals surface area contributed by atoms with Crippen molar-refractivity contribution < 1.29 is 4.79 Å². The van der Waals surface area contributed by atoms with Gasteiger partial charge in [-0.3, -0.25) is 9.48 Å². The minimum atomic E-state index is -0.149. The first-order valence-electron chi connectivity index (χ1n) is 6.26. The summed E-state index contributed by atoms with van der Waals surface area (Å²) in [6.45, 7) is 1.42. The number of hydrogen-bond donors (Lipinski definition) is 0. The predicted octanol–water partition coefficient (Wildman–Crippen LogP) is 3.85. The molecule has 1 heterocycles. The molecule has 21 heavy (non-hydrogen) atoms. The van der Waals surface area contributed by atoms with Crippen molar-refractivity contribution >= 4 is 49.2 Å². The molecule has 0 amide bonds. The highest BCUT2D eigenvalue weighted by molar-refractivity contribution is 9.10. The number of carbonyl (C=O) groups excluding carboxylic acids is 1. The van der Waals surface area contributed by atoms with Gasteiger partial charge < -0.3 is 4.90 Å². The smallest absolute Gasteiger partial charge is 0.213 e. The van der Waals surface area contributed by atoms with Gasteiger partial charge in [0.05, 0.1) is 22.2 Å². The van der Waals surface area contributed by atoms with Gasteiger partial charge in [0.25, 0.3) is 0 Å². The van der Waals surface area contributed by atoms with E-state index in [1.807, 2.05) is 19.0 Å². The molecule has 0 fully saturated rings. The third-order valence-electron chi connectivity index (χ3n) is 2.97. The summed E-state index contributed by atoms with van der Waals surface area (Å²) in [5.41, 5.74) is 0.968. The molecule has 0 aliphatic rings.